The van der Waals surface area contributed by atoms with Gasteiger partial charge >= 0.3 is 0 Å². The van der Waals surface area contributed by atoms with Crippen LogP contribution < -0.4 is 16.2 Å². The molecule has 4 N–H and O–H groups in total. The van der Waals surface area contributed by atoms with E-state index in [1.165, 1.54) is 6.20 Å². The molecule has 0 saturated carbocycles. The third-order valence-electron chi connectivity index (χ3n) is 2.69. The maximum Gasteiger partial charge on any atom is 0.251 e. The Morgan fingerprint density at radius 2 is 2.16 bits per heavy atom. The molecule has 0 spiro atoms. The van der Waals surface area contributed by atoms with E-state index in [-0.39, 0.29) is 0 Å². The van der Waals surface area contributed by atoms with Crippen molar-refractivity contribution >= 4 is 5.91 Å². The lowest BCUT2D eigenvalue weighted by Gasteiger charge is -2.09. The topological polar surface area (TPSA) is 96.2 Å². The minimum Gasteiger partial charge on any atom is -0.491 e. The standard InChI is InChI=1S/C13H16N4O2/c14-7-10-3-1-2-4-12(10)19-6-5-17-9-11(8-16-17)13(15)18/h1-4,8-9H,5-7,14H2,(H2,15,18). The van der Waals surface area contributed by atoms with E-state index in [4.69, 9.17) is 16.2 Å². The maximum atomic E-state index is 10.9. The van der Waals surface area contributed by atoms with Crippen LogP contribution in [0.3, 0.4) is 0 Å². The number of hydrogen-bond acceptors (Lipinski definition) is 4. The van der Waals surface area contributed by atoms with Gasteiger partial charge in [-0.2, -0.15) is 5.10 Å². The summed E-state index contributed by atoms with van der Waals surface area (Å²) in [6, 6.07) is 7.61. The molecule has 0 bridgehead atoms. The minimum absolute atomic E-state index is 0.391. The van der Waals surface area contributed by atoms with E-state index >= 15 is 0 Å². The fourth-order valence-electron chi connectivity index (χ4n) is 1.68. The molecule has 0 radical (unpaired) electrons. The number of rotatable bonds is 6. The van der Waals surface area contributed by atoms with Gasteiger partial charge in [0.25, 0.3) is 5.91 Å². The molecule has 0 atom stereocenters. The highest BCUT2D eigenvalue weighted by Crippen LogP contribution is 2.16. The Hall–Kier alpha value is -2.34. The molecule has 2 rings (SSSR count). The molecular formula is C13H16N4O2. The van der Waals surface area contributed by atoms with Crippen LogP contribution in [0.1, 0.15) is 15.9 Å². The SMILES string of the molecule is NCc1ccccc1OCCn1cc(C(N)=O)cn1. The third-order valence-corrected chi connectivity index (χ3v) is 2.69. The highest BCUT2D eigenvalue weighted by Gasteiger charge is 2.04. The van der Waals surface area contributed by atoms with Crippen molar-refractivity contribution in [2.75, 3.05) is 6.61 Å². The zero-order valence-corrected chi connectivity index (χ0v) is 10.5. The molecule has 0 saturated heterocycles. The van der Waals surface area contributed by atoms with Gasteiger partial charge < -0.3 is 16.2 Å². The largest absolute Gasteiger partial charge is 0.491 e. The second kappa shape index (κ2) is 6.01. The average Bonchev–Trinajstić information content (AvgIpc) is 2.88. The molecule has 100 valence electrons. The van der Waals surface area contributed by atoms with Crippen LogP contribution in [0, 0.1) is 0 Å². The zero-order valence-electron chi connectivity index (χ0n) is 10.5. The second-order valence-electron chi connectivity index (χ2n) is 4.02. The number of hydrogen-bond donors (Lipinski definition) is 2. The first kappa shape index (κ1) is 13.1. The average molecular weight is 260 g/mol. The summed E-state index contributed by atoms with van der Waals surface area (Å²) in [4.78, 5) is 10.9. The molecule has 0 aliphatic heterocycles. The third kappa shape index (κ3) is 3.32. The molecule has 0 fully saturated rings. The number of benzene rings is 1. The van der Waals surface area contributed by atoms with Gasteiger partial charge in [-0.15, -0.1) is 0 Å². The van der Waals surface area contributed by atoms with E-state index in [0.717, 1.165) is 11.3 Å². The number of carbonyl (C=O) groups is 1. The van der Waals surface area contributed by atoms with Crippen LogP contribution in [0.15, 0.2) is 36.7 Å². The van der Waals surface area contributed by atoms with Crippen molar-refractivity contribution in [2.24, 2.45) is 11.5 Å². The number of nitrogens with two attached hydrogens (primary N) is 2. The Labute approximate surface area is 111 Å². The fourth-order valence-corrected chi connectivity index (χ4v) is 1.68. The molecule has 19 heavy (non-hydrogen) atoms. The van der Waals surface area contributed by atoms with E-state index in [9.17, 15) is 4.79 Å². The first-order chi connectivity index (χ1) is 9.20. The summed E-state index contributed by atoms with van der Waals surface area (Å²) < 4.78 is 7.26. The number of nitrogens with zero attached hydrogens (tertiary/aromatic N) is 2. The van der Waals surface area contributed by atoms with Crippen molar-refractivity contribution < 1.29 is 9.53 Å². The molecule has 1 amide bonds. The first-order valence-corrected chi connectivity index (χ1v) is 5.93. The second-order valence-corrected chi connectivity index (χ2v) is 4.02. The number of aromatic nitrogens is 2. The monoisotopic (exact) mass is 260 g/mol. The van der Waals surface area contributed by atoms with Crippen LogP contribution in [-0.4, -0.2) is 22.3 Å². The Balaban J connectivity index is 1.90. The number of primary amides is 1. The molecular weight excluding hydrogens is 244 g/mol. The molecule has 0 aliphatic carbocycles. The van der Waals surface area contributed by atoms with Gasteiger partial charge in [0.1, 0.15) is 12.4 Å². The Kier molecular flexibility index (Phi) is 4.15. The first-order valence-electron chi connectivity index (χ1n) is 5.93. The number of amides is 1. The number of para-hydroxylation sites is 1. The van der Waals surface area contributed by atoms with Crippen molar-refractivity contribution in [2.45, 2.75) is 13.1 Å². The van der Waals surface area contributed by atoms with Crippen LogP contribution in [0.25, 0.3) is 0 Å². The quantitative estimate of drug-likeness (QED) is 0.791. The lowest BCUT2D eigenvalue weighted by molar-refractivity contribution is 0.1000. The van der Waals surface area contributed by atoms with Gasteiger partial charge in [-0.25, -0.2) is 0 Å². The summed E-state index contributed by atoms with van der Waals surface area (Å²) in [5, 5.41) is 4.02. The van der Waals surface area contributed by atoms with Crippen LogP contribution in [-0.2, 0) is 13.1 Å². The van der Waals surface area contributed by atoms with Gasteiger partial charge in [0.15, 0.2) is 0 Å². The Morgan fingerprint density at radius 3 is 2.84 bits per heavy atom. The zero-order chi connectivity index (χ0) is 13.7. The molecule has 0 unspecified atom stereocenters. The van der Waals surface area contributed by atoms with Crippen molar-refractivity contribution in [3.05, 3.63) is 47.8 Å². The van der Waals surface area contributed by atoms with E-state index in [1.54, 1.807) is 10.9 Å². The van der Waals surface area contributed by atoms with Gasteiger partial charge in [-0.05, 0) is 6.07 Å². The normalized spacial score (nSPS) is 10.4. The molecule has 2 aromatic rings. The summed E-state index contributed by atoms with van der Waals surface area (Å²) in [5.41, 5.74) is 12.1. The highest BCUT2D eigenvalue weighted by atomic mass is 16.5. The van der Waals surface area contributed by atoms with E-state index < -0.39 is 5.91 Å². The van der Waals surface area contributed by atoms with Gasteiger partial charge in [0, 0.05) is 18.3 Å². The van der Waals surface area contributed by atoms with Gasteiger partial charge in [-0.3, -0.25) is 9.48 Å². The molecule has 1 aromatic carbocycles. The van der Waals surface area contributed by atoms with Crippen molar-refractivity contribution in [3.63, 3.8) is 0 Å². The fraction of sp³-hybridized carbons (Fsp3) is 0.231. The maximum absolute atomic E-state index is 10.9. The summed E-state index contributed by atoms with van der Waals surface area (Å²) in [6.07, 6.45) is 3.04. The van der Waals surface area contributed by atoms with E-state index in [1.807, 2.05) is 24.3 Å². The van der Waals surface area contributed by atoms with Crippen molar-refractivity contribution in [3.8, 4) is 5.75 Å². The Bertz CT molecular complexity index is 565. The summed E-state index contributed by atoms with van der Waals surface area (Å²) >= 11 is 0. The van der Waals surface area contributed by atoms with Gasteiger partial charge in [0.05, 0.1) is 18.3 Å². The number of carbonyl (C=O) groups excluding carboxylic acids is 1. The van der Waals surface area contributed by atoms with Crippen LogP contribution in [0.2, 0.25) is 0 Å². The Morgan fingerprint density at radius 1 is 1.37 bits per heavy atom. The lowest BCUT2D eigenvalue weighted by atomic mass is 10.2. The lowest BCUT2D eigenvalue weighted by Crippen LogP contribution is -2.11. The molecule has 0 aliphatic rings. The predicted molar refractivity (Wildman–Crippen MR) is 70.6 cm³/mol. The smallest absolute Gasteiger partial charge is 0.251 e. The highest BCUT2D eigenvalue weighted by molar-refractivity contribution is 5.92. The van der Waals surface area contributed by atoms with Crippen molar-refractivity contribution in [1.29, 1.82) is 0 Å². The summed E-state index contributed by atoms with van der Waals surface area (Å²) in [6.45, 7) is 1.41. The van der Waals surface area contributed by atoms with Crippen LogP contribution in [0.4, 0.5) is 0 Å². The van der Waals surface area contributed by atoms with Gasteiger partial charge in [-0.1, -0.05) is 18.2 Å². The van der Waals surface area contributed by atoms with E-state index in [0.29, 0.717) is 25.3 Å². The van der Waals surface area contributed by atoms with Crippen LogP contribution >= 0.6 is 0 Å². The molecule has 6 heteroatoms. The number of ether oxygens (including phenoxy) is 1. The van der Waals surface area contributed by atoms with Crippen molar-refractivity contribution in [1.82, 2.24) is 9.78 Å². The van der Waals surface area contributed by atoms with Gasteiger partial charge in [0.2, 0.25) is 0 Å². The van der Waals surface area contributed by atoms with Crippen LogP contribution in [0.5, 0.6) is 5.75 Å². The summed E-state index contributed by atoms with van der Waals surface area (Å²) in [7, 11) is 0. The predicted octanol–water partition coefficient (Wildman–Crippen LogP) is 0.520. The molecule has 1 heterocycles. The minimum atomic E-state index is -0.486. The summed E-state index contributed by atoms with van der Waals surface area (Å²) in [5.74, 6) is 0.285. The molecule has 1 aromatic heterocycles. The van der Waals surface area contributed by atoms with E-state index in [2.05, 4.69) is 5.10 Å². The molecule has 6 nitrogen and oxygen atoms in total.